The highest BCUT2D eigenvalue weighted by Crippen LogP contribution is 2.47. The van der Waals surface area contributed by atoms with Crippen molar-refractivity contribution in [2.45, 2.75) is 57.5 Å². The summed E-state index contributed by atoms with van der Waals surface area (Å²) in [4.78, 5) is 0. The van der Waals surface area contributed by atoms with Gasteiger partial charge in [-0.15, -0.1) is 0 Å². The molecule has 4 unspecified atom stereocenters. The molecule has 1 aromatic rings. The van der Waals surface area contributed by atoms with Crippen LogP contribution in [-0.4, -0.2) is 12.7 Å². The van der Waals surface area contributed by atoms with E-state index >= 15 is 0 Å². The van der Waals surface area contributed by atoms with Gasteiger partial charge in [-0.05, 0) is 74.8 Å². The van der Waals surface area contributed by atoms with Crippen LogP contribution in [0.5, 0.6) is 0 Å². The third kappa shape index (κ3) is 3.03. The fraction of sp³-hybridized carbons (Fsp3) is 0.667. The zero-order chi connectivity index (χ0) is 15.7. The molecule has 0 amide bonds. The molecule has 1 aromatic carbocycles. The zero-order valence-electron chi connectivity index (χ0n) is 13.0. The molecular weight excluding hydrogens is 289 g/mol. The van der Waals surface area contributed by atoms with Crippen molar-refractivity contribution in [2.75, 3.05) is 6.61 Å². The number of halogens is 3. The summed E-state index contributed by atoms with van der Waals surface area (Å²) in [6, 6.07) is 2.47. The van der Waals surface area contributed by atoms with Gasteiger partial charge < -0.3 is 4.74 Å². The molecule has 0 N–H and O–H groups in total. The van der Waals surface area contributed by atoms with Crippen molar-refractivity contribution in [3.8, 4) is 0 Å². The van der Waals surface area contributed by atoms with Crippen LogP contribution >= 0.6 is 0 Å². The van der Waals surface area contributed by atoms with Crippen LogP contribution in [0.25, 0.3) is 0 Å². The molecule has 0 bridgehead atoms. The van der Waals surface area contributed by atoms with Crippen molar-refractivity contribution in [1.82, 2.24) is 0 Å². The van der Waals surface area contributed by atoms with E-state index in [0.717, 1.165) is 51.2 Å². The van der Waals surface area contributed by atoms with Gasteiger partial charge in [0.15, 0.2) is 17.5 Å². The fourth-order valence-corrected chi connectivity index (χ4v) is 4.37. The minimum absolute atomic E-state index is 0.0139. The van der Waals surface area contributed by atoms with Crippen LogP contribution in [0.2, 0.25) is 0 Å². The fourth-order valence-electron chi connectivity index (χ4n) is 4.37. The van der Waals surface area contributed by atoms with E-state index < -0.39 is 17.5 Å². The summed E-state index contributed by atoms with van der Waals surface area (Å²) in [6.45, 7) is 2.78. The third-order valence-corrected chi connectivity index (χ3v) is 5.47. The molecule has 3 rings (SSSR count). The number of hydrogen-bond acceptors (Lipinski definition) is 1. The second-order valence-corrected chi connectivity index (χ2v) is 6.69. The van der Waals surface area contributed by atoms with Gasteiger partial charge in [0.2, 0.25) is 0 Å². The molecule has 2 aliphatic rings. The van der Waals surface area contributed by atoms with Crippen LogP contribution in [0.4, 0.5) is 13.2 Å². The smallest absolute Gasteiger partial charge is 0.194 e. The topological polar surface area (TPSA) is 9.23 Å². The second-order valence-electron chi connectivity index (χ2n) is 6.69. The van der Waals surface area contributed by atoms with Gasteiger partial charge in [-0.1, -0.05) is 6.07 Å². The number of ether oxygens (including phenoxy) is 1. The maximum Gasteiger partial charge on any atom is 0.194 e. The van der Waals surface area contributed by atoms with Crippen molar-refractivity contribution >= 4 is 0 Å². The summed E-state index contributed by atoms with van der Waals surface area (Å²) in [5.74, 6) is -2.23. The largest absolute Gasteiger partial charge is 0.378 e. The van der Waals surface area contributed by atoms with Gasteiger partial charge in [0.25, 0.3) is 0 Å². The van der Waals surface area contributed by atoms with E-state index in [-0.39, 0.29) is 5.92 Å². The molecule has 1 nitrogen and oxygen atoms in total. The van der Waals surface area contributed by atoms with E-state index in [9.17, 15) is 13.2 Å². The molecule has 4 heteroatoms. The van der Waals surface area contributed by atoms with Crippen LogP contribution in [0.1, 0.15) is 56.9 Å². The van der Waals surface area contributed by atoms with Crippen LogP contribution < -0.4 is 0 Å². The molecule has 0 radical (unpaired) electrons. The minimum Gasteiger partial charge on any atom is -0.378 e. The highest BCUT2D eigenvalue weighted by Gasteiger charge is 2.37. The molecular formula is C18H23F3O. The van der Waals surface area contributed by atoms with E-state index in [1.165, 1.54) is 6.07 Å². The molecule has 122 valence electrons. The lowest BCUT2D eigenvalue weighted by Crippen LogP contribution is -2.34. The summed E-state index contributed by atoms with van der Waals surface area (Å²) in [6.07, 6.45) is 6.36. The first-order valence-electron chi connectivity index (χ1n) is 8.35. The van der Waals surface area contributed by atoms with Gasteiger partial charge in [0, 0.05) is 6.61 Å². The summed E-state index contributed by atoms with van der Waals surface area (Å²) in [7, 11) is 0. The third-order valence-electron chi connectivity index (χ3n) is 5.47. The lowest BCUT2D eigenvalue weighted by Gasteiger charge is -2.42. The average molecular weight is 312 g/mol. The summed E-state index contributed by atoms with van der Waals surface area (Å²) < 4.78 is 46.3. The van der Waals surface area contributed by atoms with Crippen molar-refractivity contribution < 1.29 is 17.9 Å². The van der Waals surface area contributed by atoms with Crippen molar-refractivity contribution in [3.63, 3.8) is 0 Å². The molecule has 2 aliphatic carbocycles. The van der Waals surface area contributed by atoms with Crippen LogP contribution in [-0.2, 0) is 4.74 Å². The van der Waals surface area contributed by atoms with E-state index in [1.54, 1.807) is 0 Å². The van der Waals surface area contributed by atoms with Crippen molar-refractivity contribution in [3.05, 3.63) is 35.1 Å². The monoisotopic (exact) mass is 312 g/mol. The lowest BCUT2D eigenvalue weighted by molar-refractivity contribution is -0.00971. The number of hydrogen-bond donors (Lipinski definition) is 0. The Kier molecular flexibility index (Phi) is 4.76. The van der Waals surface area contributed by atoms with Crippen molar-refractivity contribution in [2.24, 2.45) is 11.8 Å². The Morgan fingerprint density at radius 3 is 2.45 bits per heavy atom. The molecule has 0 aliphatic heterocycles. The molecule has 22 heavy (non-hydrogen) atoms. The highest BCUT2D eigenvalue weighted by molar-refractivity contribution is 5.25. The second kappa shape index (κ2) is 6.61. The normalized spacial score (nSPS) is 31.8. The molecule has 2 saturated carbocycles. The predicted octanol–water partition coefficient (Wildman–Crippen LogP) is 5.19. The Bertz CT molecular complexity index is 531. The van der Waals surface area contributed by atoms with Crippen molar-refractivity contribution in [1.29, 1.82) is 0 Å². The van der Waals surface area contributed by atoms with Gasteiger partial charge in [-0.3, -0.25) is 0 Å². The summed E-state index contributed by atoms with van der Waals surface area (Å²) in [5, 5.41) is 0. The minimum atomic E-state index is -1.33. The summed E-state index contributed by atoms with van der Waals surface area (Å²) in [5.41, 5.74) is 0.351. The Balaban J connectivity index is 1.69. The van der Waals surface area contributed by atoms with Crippen LogP contribution in [0.3, 0.4) is 0 Å². The standard InChI is InChI=1S/C18H23F3O/c1-2-22-14-6-5-11-9-13(4-3-12(11)10-14)15-7-8-16(19)18(21)17(15)20/h7-8,11-14H,2-6,9-10H2,1H3. The molecule has 0 saturated heterocycles. The van der Waals surface area contributed by atoms with Gasteiger partial charge in [-0.25, -0.2) is 13.2 Å². The van der Waals surface area contributed by atoms with Gasteiger partial charge in [0.05, 0.1) is 6.10 Å². The van der Waals surface area contributed by atoms with Gasteiger partial charge in [0.1, 0.15) is 0 Å². The van der Waals surface area contributed by atoms with Gasteiger partial charge in [-0.2, -0.15) is 0 Å². The number of benzene rings is 1. The van der Waals surface area contributed by atoms with Crippen LogP contribution in [0, 0.1) is 29.3 Å². The maximum atomic E-state index is 14.0. The summed E-state index contributed by atoms with van der Waals surface area (Å²) >= 11 is 0. The number of fused-ring (bicyclic) bond motifs is 1. The van der Waals surface area contributed by atoms with E-state index in [2.05, 4.69) is 0 Å². The number of rotatable bonds is 3. The highest BCUT2D eigenvalue weighted by atomic mass is 19.2. The molecule has 0 spiro atoms. The van der Waals surface area contributed by atoms with Gasteiger partial charge >= 0.3 is 0 Å². The van der Waals surface area contributed by atoms with E-state index in [0.29, 0.717) is 23.5 Å². The molecule has 0 aromatic heterocycles. The molecule has 2 fully saturated rings. The first kappa shape index (κ1) is 15.9. The average Bonchev–Trinajstić information content (AvgIpc) is 2.53. The molecule has 4 atom stereocenters. The Morgan fingerprint density at radius 1 is 0.955 bits per heavy atom. The lowest BCUT2D eigenvalue weighted by atomic mass is 9.65. The zero-order valence-corrected chi connectivity index (χ0v) is 13.0. The van der Waals surface area contributed by atoms with E-state index in [4.69, 9.17) is 4.74 Å². The van der Waals surface area contributed by atoms with Crippen LogP contribution in [0.15, 0.2) is 12.1 Å². The molecule has 0 heterocycles. The van der Waals surface area contributed by atoms with E-state index in [1.807, 2.05) is 6.92 Å². The first-order chi connectivity index (χ1) is 10.6. The predicted molar refractivity (Wildman–Crippen MR) is 79.2 cm³/mol. The maximum absolute atomic E-state index is 14.0. The first-order valence-corrected chi connectivity index (χ1v) is 8.35. The Labute approximate surface area is 129 Å². The Morgan fingerprint density at radius 2 is 1.68 bits per heavy atom. The quantitative estimate of drug-likeness (QED) is 0.698. The SMILES string of the molecule is CCOC1CCC2CC(c3ccc(F)c(F)c3F)CCC2C1. The Hall–Kier alpha value is -1.03.